The molecule has 2 aromatic rings. The van der Waals surface area contributed by atoms with E-state index in [1.165, 1.54) is 44.2 Å². The number of aromatic nitrogens is 1. The van der Waals surface area contributed by atoms with Crippen molar-refractivity contribution < 1.29 is 4.79 Å². The number of carbonyl (C=O) groups is 1. The Kier molecular flexibility index (Phi) is 4.72. The van der Waals surface area contributed by atoms with Crippen LogP contribution < -0.4 is 21.3 Å². The van der Waals surface area contributed by atoms with Gasteiger partial charge in [-0.3, -0.25) is 4.79 Å². The van der Waals surface area contributed by atoms with Crippen LogP contribution in [0.15, 0.2) is 23.6 Å². The number of nitrogens with zero attached hydrogens (tertiary/aromatic N) is 2. The number of primary amides is 1. The summed E-state index contributed by atoms with van der Waals surface area (Å²) in [5.41, 5.74) is 9.74. The zero-order chi connectivity index (χ0) is 21.0. The average molecular weight is 438 g/mol. The normalized spacial score (nSPS) is 31.7. The van der Waals surface area contributed by atoms with Crippen molar-refractivity contribution in [2.24, 2.45) is 23.5 Å². The highest BCUT2D eigenvalue weighted by Crippen LogP contribution is 2.60. The number of carbonyl (C=O) groups excluding carboxylic acids is 1. The minimum atomic E-state index is -0.400. The summed E-state index contributed by atoms with van der Waals surface area (Å²) in [5.74, 6) is 2.34. The van der Waals surface area contributed by atoms with E-state index in [2.05, 4.69) is 20.9 Å². The van der Waals surface area contributed by atoms with Crippen molar-refractivity contribution in [3.05, 3.63) is 34.8 Å². The van der Waals surface area contributed by atoms with E-state index < -0.39 is 5.91 Å². The van der Waals surface area contributed by atoms with Crippen molar-refractivity contribution in [2.45, 2.75) is 43.9 Å². The van der Waals surface area contributed by atoms with Gasteiger partial charge in [0.25, 0.3) is 0 Å². The van der Waals surface area contributed by atoms with Crippen LogP contribution in [0, 0.1) is 17.8 Å². The van der Waals surface area contributed by atoms with Gasteiger partial charge in [0.1, 0.15) is 0 Å². The molecule has 4 bridgehead atoms. The smallest absolute Gasteiger partial charge is 0.248 e. The predicted molar refractivity (Wildman–Crippen MR) is 125 cm³/mol. The maximum absolute atomic E-state index is 11.8. The molecule has 1 aromatic carbocycles. The summed E-state index contributed by atoms with van der Waals surface area (Å²) in [5, 5.41) is 10.2. The number of hydrogen-bond acceptors (Lipinski definition) is 6. The van der Waals surface area contributed by atoms with Gasteiger partial charge in [-0.1, -0.05) is 0 Å². The number of nitrogens with two attached hydrogens (primary N) is 1. The summed E-state index contributed by atoms with van der Waals surface area (Å²) in [6, 6.07) is 5.72. The third-order valence-electron chi connectivity index (χ3n) is 8.07. The Morgan fingerprint density at radius 3 is 2.45 bits per heavy atom. The lowest BCUT2D eigenvalue weighted by atomic mass is 9.49. The lowest BCUT2D eigenvalue weighted by molar-refractivity contribution is -0.00688. The minimum absolute atomic E-state index is 0.307. The molecule has 0 spiro atoms. The fraction of sp³-hybridized carbons (Fsp3) is 0.583. The number of hydrogen-bond donors (Lipinski definition) is 3. The van der Waals surface area contributed by atoms with E-state index in [1.807, 2.05) is 18.2 Å². The second-order valence-corrected chi connectivity index (χ2v) is 11.1. The van der Waals surface area contributed by atoms with E-state index in [4.69, 9.17) is 10.7 Å². The average Bonchev–Trinajstić information content (AvgIpc) is 3.23. The fourth-order valence-corrected chi connectivity index (χ4v) is 7.93. The van der Waals surface area contributed by atoms with E-state index in [1.54, 1.807) is 11.3 Å². The van der Waals surface area contributed by atoms with Gasteiger partial charge in [0.2, 0.25) is 5.91 Å². The van der Waals surface area contributed by atoms with Gasteiger partial charge in [0.15, 0.2) is 5.13 Å². The fourth-order valence-electron chi connectivity index (χ4n) is 7.09. The molecule has 4 saturated carbocycles. The van der Waals surface area contributed by atoms with Gasteiger partial charge in [-0.15, -0.1) is 11.3 Å². The molecule has 6 nitrogen and oxygen atoms in total. The first kappa shape index (κ1) is 19.6. The molecule has 4 N–H and O–H groups in total. The first-order valence-electron chi connectivity index (χ1n) is 11.7. The Morgan fingerprint density at radius 1 is 1.13 bits per heavy atom. The van der Waals surface area contributed by atoms with Crippen molar-refractivity contribution in [1.29, 1.82) is 0 Å². The molecule has 164 valence electrons. The van der Waals surface area contributed by atoms with Gasteiger partial charge in [-0.25, -0.2) is 4.98 Å². The monoisotopic (exact) mass is 437 g/mol. The second-order valence-electron chi connectivity index (χ2n) is 10.2. The van der Waals surface area contributed by atoms with E-state index in [0.717, 1.165) is 60.4 Å². The first-order chi connectivity index (χ1) is 15.1. The zero-order valence-electron chi connectivity index (χ0n) is 17.9. The van der Waals surface area contributed by atoms with Crippen LogP contribution in [0.1, 0.15) is 54.6 Å². The number of rotatable bonds is 5. The summed E-state index contributed by atoms with van der Waals surface area (Å²) >= 11 is 1.69. The third-order valence-corrected chi connectivity index (χ3v) is 8.82. The Morgan fingerprint density at radius 2 is 1.81 bits per heavy atom. The molecule has 7 heteroatoms. The van der Waals surface area contributed by atoms with Crippen LogP contribution in [0.3, 0.4) is 0 Å². The SMILES string of the molecule is NC(=O)c1ccc(N2CCNCC2)c(Nc2nc(C34CC5CC(CC(C5)C3)C4)cs2)c1. The van der Waals surface area contributed by atoms with Gasteiger partial charge >= 0.3 is 0 Å². The highest BCUT2D eigenvalue weighted by atomic mass is 32.1. The Labute approximate surface area is 187 Å². The van der Waals surface area contributed by atoms with Crippen LogP contribution >= 0.6 is 11.3 Å². The van der Waals surface area contributed by atoms with Gasteiger partial charge in [-0.05, 0) is 74.5 Å². The van der Waals surface area contributed by atoms with Crippen LogP contribution in [0.4, 0.5) is 16.5 Å². The van der Waals surface area contributed by atoms with Crippen LogP contribution in [0.5, 0.6) is 0 Å². The summed E-state index contributed by atoms with van der Waals surface area (Å²) in [7, 11) is 0. The zero-order valence-corrected chi connectivity index (χ0v) is 18.7. The van der Waals surface area contributed by atoms with E-state index >= 15 is 0 Å². The van der Waals surface area contributed by atoms with Crippen molar-refractivity contribution >= 4 is 33.8 Å². The predicted octanol–water partition coefficient (Wildman–Crippen LogP) is 3.86. The van der Waals surface area contributed by atoms with Crippen LogP contribution in [0.25, 0.3) is 0 Å². The van der Waals surface area contributed by atoms with Crippen molar-refractivity contribution in [3.8, 4) is 0 Å². The Hall–Kier alpha value is -2.12. The van der Waals surface area contributed by atoms with Gasteiger partial charge in [-0.2, -0.15) is 0 Å². The molecule has 0 radical (unpaired) electrons. The maximum Gasteiger partial charge on any atom is 0.248 e. The molecule has 1 aliphatic heterocycles. The van der Waals surface area contributed by atoms with Crippen molar-refractivity contribution in [2.75, 3.05) is 36.4 Å². The molecule has 7 rings (SSSR count). The van der Waals surface area contributed by atoms with Crippen molar-refractivity contribution in [3.63, 3.8) is 0 Å². The molecular formula is C24H31N5OS. The quantitative estimate of drug-likeness (QED) is 0.662. The molecule has 1 saturated heterocycles. The summed E-state index contributed by atoms with van der Waals surface area (Å²) in [4.78, 5) is 19.3. The van der Waals surface area contributed by atoms with E-state index in [9.17, 15) is 4.79 Å². The molecule has 5 aliphatic rings. The van der Waals surface area contributed by atoms with E-state index in [-0.39, 0.29) is 0 Å². The summed E-state index contributed by atoms with van der Waals surface area (Å²) < 4.78 is 0. The highest BCUT2D eigenvalue weighted by Gasteiger charge is 2.52. The third kappa shape index (κ3) is 3.52. The van der Waals surface area contributed by atoms with Gasteiger partial charge in [0.05, 0.1) is 17.1 Å². The molecule has 0 unspecified atom stereocenters. The highest BCUT2D eigenvalue weighted by molar-refractivity contribution is 7.13. The summed E-state index contributed by atoms with van der Waals surface area (Å²) in [6.07, 6.45) is 8.31. The molecule has 5 fully saturated rings. The molecule has 0 atom stereocenters. The number of thiazole rings is 1. The van der Waals surface area contributed by atoms with Crippen LogP contribution in [-0.4, -0.2) is 37.1 Å². The van der Waals surface area contributed by atoms with Crippen LogP contribution in [-0.2, 0) is 5.41 Å². The van der Waals surface area contributed by atoms with Crippen LogP contribution in [0.2, 0.25) is 0 Å². The topological polar surface area (TPSA) is 83.3 Å². The van der Waals surface area contributed by atoms with E-state index in [0.29, 0.717) is 11.0 Å². The largest absolute Gasteiger partial charge is 0.367 e. The van der Waals surface area contributed by atoms with Crippen molar-refractivity contribution in [1.82, 2.24) is 10.3 Å². The Balaban J connectivity index is 1.29. The molecular weight excluding hydrogens is 406 g/mol. The Bertz CT molecular complexity index is 960. The molecule has 4 aliphatic carbocycles. The minimum Gasteiger partial charge on any atom is -0.367 e. The molecule has 1 amide bonds. The number of nitrogens with one attached hydrogen (secondary N) is 2. The lowest BCUT2D eigenvalue weighted by Gasteiger charge is -2.56. The molecule has 1 aromatic heterocycles. The molecule has 2 heterocycles. The number of benzene rings is 1. The van der Waals surface area contributed by atoms with Gasteiger partial charge < -0.3 is 21.3 Å². The number of piperazine rings is 1. The second kappa shape index (κ2) is 7.48. The van der Waals surface area contributed by atoms with Gasteiger partial charge in [0, 0.05) is 42.5 Å². The first-order valence-corrected chi connectivity index (χ1v) is 12.6. The number of anilines is 3. The lowest BCUT2D eigenvalue weighted by Crippen LogP contribution is -2.48. The summed E-state index contributed by atoms with van der Waals surface area (Å²) in [6.45, 7) is 3.82. The maximum atomic E-state index is 11.8. The standard InChI is InChI=1S/C24H31N5OS/c25-22(30)18-1-2-20(29-5-3-26-4-6-29)19(10-18)27-23-28-21(14-31-23)24-11-15-7-16(12-24)9-17(8-15)13-24/h1-2,10,14-17,26H,3-9,11-13H2,(H2,25,30)(H,27,28). The number of amides is 1. The molecule has 31 heavy (non-hydrogen) atoms.